The Morgan fingerprint density at radius 2 is 2.12 bits per heavy atom. The molecule has 0 rings (SSSR count). The summed E-state index contributed by atoms with van der Waals surface area (Å²) >= 11 is 0. The first-order valence-corrected chi connectivity index (χ1v) is 3.19. The lowest BCUT2D eigenvalue weighted by molar-refractivity contribution is 0.613. The maximum atomic E-state index is 10.1. The Bertz CT molecular complexity index is 250. The van der Waals surface area contributed by atoms with Gasteiger partial charge in [-0.15, -0.1) is 5.73 Å². The molecule has 0 aromatic heterocycles. The lowest BCUT2D eigenvalue weighted by Gasteiger charge is -1.70. The van der Waals surface area contributed by atoms with Crippen LogP contribution < -0.4 is 0 Å². The van der Waals surface area contributed by atoms with Gasteiger partial charge in [0, 0.05) is 0 Å². The van der Waals surface area contributed by atoms with Crippen LogP contribution in [0.5, 0.6) is 0 Å². The Balaban J connectivity index is 4.77. The summed E-state index contributed by atoms with van der Waals surface area (Å²) in [7, 11) is -3.66. The van der Waals surface area contributed by atoms with Crippen LogP contribution in [0.25, 0.3) is 0 Å². The summed E-state index contributed by atoms with van der Waals surface area (Å²) in [4.78, 5) is 0. The largest absolute Gasteiger partial charge is 0.270 e. The van der Waals surface area contributed by atoms with Crippen LogP contribution >= 0.6 is 0 Å². The zero-order valence-corrected chi connectivity index (χ0v) is 4.77. The van der Waals surface area contributed by atoms with Crippen molar-refractivity contribution in [2.24, 2.45) is 0 Å². The molecule has 0 aromatic rings. The number of hydrogen-bond donors (Lipinski definition) is 0. The van der Waals surface area contributed by atoms with Gasteiger partial charge < -0.3 is 0 Å². The Morgan fingerprint density at radius 3 is 2.25 bits per heavy atom. The van der Waals surface area contributed by atoms with E-state index in [1.807, 2.05) is 5.73 Å². The van der Waals surface area contributed by atoms with Crippen molar-refractivity contribution in [1.82, 2.24) is 0 Å². The number of rotatable bonds is 1. The van der Waals surface area contributed by atoms with E-state index in [2.05, 4.69) is 6.58 Å². The van der Waals surface area contributed by atoms with Crippen LogP contribution in [-0.4, -0.2) is 8.42 Å². The van der Waals surface area contributed by atoms with E-state index < -0.39 is 9.84 Å². The molecule has 0 N–H and O–H groups in total. The smallest absolute Gasteiger partial charge is 0.208 e. The third-order valence-corrected chi connectivity index (χ3v) is 1.10. The van der Waals surface area contributed by atoms with E-state index in [4.69, 9.17) is 5.26 Å². The van der Waals surface area contributed by atoms with E-state index in [1.54, 1.807) is 0 Å². The van der Waals surface area contributed by atoms with Crippen molar-refractivity contribution in [3.8, 4) is 5.40 Å². The van der Waals surface area contributed by atoms with Gasteiger partial charge in [-0.1, -0.05) is 6.58 Å². The van der Waals surface area contributed by atoms with Gasteiger partial charge in [0.25, 0.3) is 9.84 Å². The minimum Gasteiger partial charge on any atom is -0.208 e. The van der Waals surface area contributed by atoms with Gasteiger partial charge in [0.1, 0.15) is 0 Å². The first kappa shape index (κ1) is 6.96. The highest BCUT2D eigenvalue weighted by Gasteiger charge is 1.97. The van der Waals surface area contributed by atoms with Crippen molar-refractivity contribution in [1.29, 1.82) is 5.26 Å². The monoisotopic (exact) mass is 129 g/mol. The molecule has 0 aromatic carbocycles. The van der Waals surface area contributed by atoms with Gasteiger partial charge in [-0.25, -0.2) is 8.42 Å². The average molecular weight is 129 g/mol. The highest BCUT2D eigenvalue weighted by atomic mass is 32.2. The summed E-state index contributed by atoms with van der Waals surface area (Å²) in [5.74, 6) is 0. The molecule has 0 atom stereocenters. The van der Waals surface area contributed by atoms with Gasteiger partial charge in [-0.3, -0.25) is 0 Å². The maximum Gasteiger partial charge on any atom is 0.270 e. The molecular weight excluding hydrogens is 126 g/mol. The fourth-order valence-electron chi connectivity index (χ4n) is 0.136. The molecule has 0 radical (unpaired) electrons. The molecule has 0 saturated heterocycles. The quantitative estimate of drug-likeness (QED) is 0.288. The van der Waals surface area contributed by atoms with Gasteiger partial charge in [-0.05, 0) is 0 Å². The van der Waals surface area contributed by atoms with E-state index in [9.17, 15) is 8.42 Å². The van der Waals surface area contributed by atoms with Crippen LogP contribution in [0.4, 0.5) is 0 Å². The lowest BCUT2D eigenvalue weighted by atomic mass is 11.0. The second-order valence-electron chi connectivity index (χ2n) is 0.958. The Kier molecular flexibility index (Phi) is 2.01. The fraction of sp³-hybridized carbons (Fsp3) is 0. The molecule has 3 nitrogen and oxygen atoms in total. The van der Waals surface area contributed by atoms with E-state index >= 15 is 0 Å². The molecule has 0 spiro atoms. The van der Waals surface area contributed by atoms with Crippen molar-refractivity contribution in [2.75, 3.05) is 0 Å². The highest BCUT2D eigenvalue weighted by molar-refractivity contribution is 7.98. The third-order valence-electron chi connectivity index (χ3n) is 0.366. The molecule has 0 fully saturated rings. The van der Waals surface area contributed by atoms with Crippen molar-refractivity contribution in [3.05, 3.63) is 17.7 Å². The Morgan fingerprint density at radius 1 is 1.62 bits per heavy atom. The zero-order chi connectivity index (χ0) is 6.62. The Hall–Kier alpha value is -1.04. The molecule has 0 amide bonds. The first-order chi connectivity index (χ1) is 3.62. The van der Waals surface area contributed by atoms with Crippen molar-refractivity contribution >= 4 is 9.84 Å². The van der Waals surface area contributed by atoms with Crippen LogP contribution in [0.3, 0.4) is 0 Å². The molecule has 8 heavy (non-hydrogen) atoms. The second-order valence-corrected chi connectivity index (χ2v) is 2.47. The number of thiocyanates is 1. The first-order valence-electron chi connectivity index (χ1n) is 1.64. The maximum absolute atomic E-state index is 10.1. The van der Waals surface area contributed by atoms with E-state index in [0.717, 1.165) is 5.40 Å². The average Bonchev–Trinajstić information content (AvgIpc) is 1.67. The summed E-state index contributed by atoms with van der Waals surface area (Å²) in [6.07, 6.45) is 0. The molecule has 0 aliphatic rings. The normalized spacial score (nSPS) is 8.88. The molecule has 4 heteroatoms. The molecule has 0 heterocycles. The van der Waals surface area contributed by atoms with Gasteiger partial charge in [0.2, 0.25) is 0 Å². The van der Waals surface area contributed by atoms with Crippen molar-refractivity contribution < 1.29 is 8.42 Å². The van der Waals surface area contributed by atoms with Gasteiger partial charge in [0.05, 0.1) is 5.41 Å². The molecule has 0 aliphatic heterocycles. The highest BCUT2D eigenvalue weighted by Crippen LogP contribution is 1.83. The second kappa shape index (κ2) is 2.31. The topological polar surface area (TPSA) is 57.9 Å². The third kappa shape index (κ3) is 2.19. The summed E-state index contributed by atoms with van der Waals surface area (Å²) in [5.41, 5.74) is 1.97. The van der Waals surface area contributed by atoms with Crippen LogP contribution in [-0.2, 0) is 9.84 Å². The molecule has 42 valence electrons. The molecule has 0 bridgehead atoms. The van der Waals surface area contributed by atoms with E-state index in [-0.39, 0.29) is 0 Å². The van der Waals surface area contributed by atoms with Crippen LogP contribution in [0.15, 0.2) is 17.7 Å². The number of sulfone groups is 1. The van der Waals surface area contributed by atoms with Gasteiger partial charge in [-0.2, -0.15) is 5.26 Å². The van der Waals surface area contributed by atoms with Crippen LogP contribution in [0, 0.1) is 10.7 Å². The number of hydrogen-bond acceptors (Lipinski definition) is 3. The van der Waals surface area contributed by atoms with Crippen LogP contribution in [0.1, 0.15) is 0 Å². The standard InChI is InChI=1S/C4H3NO2S/c1-2-3-8(6,7)4-5/h3H,1H2. The molecular formula is C4H3NO2S. The zero-order valence-electron chi connectivity index (χ0n) is 3.96. The molecule has 0 saturated carbocycles. The molecule has 0 aliphatic carbocycles. The van der Waals surface area contributed by atoms with E-state index in [0.29, 0.717) is 5.41 Å². The number of nitriles is 1. The predicted octanol–water partition coefficient (Wildman–Crippen LogP) is 0.181. The number of nitrogens with zero attached hydrogens (tertiary/aromatic N) is 1. The summed E-state index contributed by atoms with van der Waals surface area (Å²) in [5, 5.41) is 9.46. The predicted molar refractivity (Wildman–Crippen MR) is 28.2 cm³/mol. The summed E-state index contributed by atoms with van der Waals surface area (Å²) in [6.45, 7) is 2.98. The van der Waals surface area contributed by atoms with Crippen molar-refractivity contribution in [2.45, 2.75) is 0 Å². The van der Waals surface area contributed by atoms with Crippen molar-refractivity contribution in [3.63, 3.8) is 0 Å². The summed E-state index contributed by atoms with van der Waals surface area (Å²) in [6, 6.07) is 0. The molecule has 0 unspecified atom stereocenters. The minimum absolute atomic E-state index is 0.618. The van der Waals surface area contributed by atoms with E-state index in [1.165, 1.54) is 0 Å². The fourth-order valence-corrected chi connectivity index (χ4v) is 0.408. The SMILES string of the molecule is C=C=CS(=O)(=O)C#N. The van der Waals surface area contributed by atoms with Gasteiger partial charge >= 0.3 is 0 Å². The lowest BCUT2D eigenvalue weighted by Crippen LogP contribution is -1.84. The van der Waals surface area contributed by atoms with Gasteiger partial charge in [0.15, 0.2) is 5.40 Å². The summed E-state index contributed by atoms with van der Waals surface area (Å²) < 4.78 is 20.2. The minimum atomic E-state index is -3.66. The van der Waals surface area contributed by atoms with Crippen LogP contribution in [0.2, 0.25) is 0 Å². The Labute approximate surface area is 47.5 Å².